The number of amides is 1. The van der Waals surface area contributed by atoms with Gasteiger partial charge in [0.2, 0.25) is 5.91 Å². The first kappa shape index (κ1) is 19.9. The number of hydrogen-bond acceptors (Lipinski definition) is 4. The van der Waals surface area contributed by atoms with Crippen LogP contribution in [0.5, 0.6) is 0 Å². The fourth-order valence-corrected chi connectivity index (χ4v) is 4.80. The number of ether oxygens (including phenoxy) is 1. The van der Waals surface area contributed by atoms with Crippen molar-refractivity contribution in [2.45, 2.75) is 31.2 Å². The Hall–Kier alpha value is -1.89. The number of methoxy groups -OCH3 is 1. The fraction of sp³-hybridized carbons (Fsp3) is 0.333. The predicted octanol–water partition coefficient (Wildman–Crippen LogP) is 4.66. The number of hydrogen-bond donors (Lipinski definition) is 0. The van der Waals surface area contributed by atoms with Gasteiger partial charge in [0.15, 0.2) is 4.80 Å². The van der Waals surface area contributed by atoms with Crippen LogP contribution in [0.25, 0.3) is 10.2 Å². The molecule has 0 radical (unpaired) electrons. The Balaban J connectivity index is 1.69. The van der Waals surface area contributed by atoms with Crippen molar-refractivity contribution in [3.63, 3.8) is 0 Å². The van der Waals surface area contributed by atoms with E-state index in [2.05, 4.69) is 46.8 Å². The van der Waals surface area contributed by atoms with Gasteiger partial charge < -0.3 is 9.30 Å². The Bertz CT molecular complexity index is 961. The summed E-state index contributed by atoms with van der Waals surface area (Å²) in [6.45, 7) is 3.36. The number of rotatable bonds is 8. The van der Waals surface area contributed by atoms with Crippen molar-refractivity contribution in [1.82, 2.24) is 4.57 Å². The molecule has 0 saturated heterocycles. The number of carbonyl (C=O) groups excluding carboxylic acids is 1. The van der Waals surface area contributed by atoms with Crippen molar-refractivity contribution < 1.29 is 9.53 Å². The van der Waals surface area contributed by atoms with Gasteiger partial charge in [-0.15, -0.1) is 11.8 Å². The molecule has 0 unspecified atom stereocenters. The number of benzene rings is 2. The van der Waals surface area contributed by atoms with Gasteiger partial charge in [-0.05, 0) is 48.9 Å². The predicted molar refractivity (Wildman–Crippen MR) is 113 cm³/mol. The van der Waals surface area contributed by atoms with Gasteiger partial charge in [0, 0.05) is 25.0 Å². The highest BCUT2D eigenvalue weighted by molar-refractivity contribution is 7.99. The van der Waals surface area contributed by atoms with Crippen molar-refractivity contribution in [3.05, 3.63) is 58.9 Å². The first-order chi connectivity index (χ1) is 13.2. The smallest absolute Gasteiger partial charge is 0.248 e. The number of fused-ring (bicyclic) bond motifs is 1. The molecule has 0 aliphatic carbocycles. The Labute approximate surface area is 167 Å². The minimum atomic E-state index is -0.0573. The van der Waals surface area contributed by atoms with Crippen molar-refractivity contribution in [2.75, 3.05) is 19.5 Å². The summed E-state index contributed by atoms with van der Waals surface area (Å²) in [7, 11) is 1.69. The molecule has 1 amide bonds. The summed E-state index contributed by atoms with van der Waals surface area (Å²) in [5, 5.41) is 0. The Morgan fingerprint density at radius 2 is 2.04 bits per heavy atom. The number of aromatic nitrogens is 1. The molecule has 0 fully saturated rings. The van der Waals surface area contributed by atoms with Gasteiger partial charge >= 0.3 is 0 Å². The van der Waals surface area contributed by atoms with E-state index in [1.165, 1.54) is 10.5 Å². The van der Waals surface area contributed by atoms with Crippen LogP contribution in [0.4, 0.5) is 0 Å². The van der Waals surface area contributed by atoms with E-state index in [9.17, 15) is 4.79 Å². The zero-order chi connectivity index (χ0) is 19.1. The minimum absolute atomic E-state index is 0.0573. The Morgan fingerprint density at radius 1 is 1.22 bits per heavy atom. The van der Waals surface area contributed by atoms with Crippen LogP contribution < -0.4 is 4.80 Å². The molecule has 3 rings (SSSR count). The molecule has 3 aromatic rings. The van der Waals surface area contributed by atoms with Gasteiger partial charge in [-0.2, -0.15) is 4.99 Å². The first-order valence-electron chi connectivity index (χ1n) is 9.02. The fourth-order valence-electron chi connectivity index (χ4n) is 2.76. The number of thiazole rings is 1. The van der Waals surface area contributed by atoms with Crippen LogP contribution in [-0.4, -0.2) is 29.9 Å². The molecule has 0 saturated carbocycles. The number of thioether (sulfide) groups is 1. The molecular weight excluding hydrogens is 376 g/mol. The number of carbonyl (C=O) groups is 1. The quantitative estimate of drug-likeness (QED) is 0.408. The van der Waals surface area contributed by atoms with Gasteiger partial charge in [-0.25, -0.2) is 0 Å². The van der Waals surface area contributed by atoms with E-state index in [1.807, 2.05) is 18.2 Å². The average molecular weight is 401 g/mol. The summed E-state index contributed by atoms with van der Waals surface area (Å²) in [5.41, 5.74) is 2.31. The molecule has 0 atom stereocenters. The first-order valence-corrected chi connectivity index (χ1v) is 10.8. The topological polar surface area (TPSA) is 43.6 Å². The molecule has 0 bridgehead atoms. The second-order valence-electron chi connectivity index (χ2n) is 6.27. The normalized spacial score (nSPS) is 12.0. The van der Waals surface area contributed by atoms with E-state index in [-0.39, 0.29) is 5.91 Å². The zero-order valence-corrected chi connectivity index (χ0v) is 17.3. The SMILES string of the molecule is COCCn1c(=NC(=O)CCCSc2ccccc2)sc2cc(C)ccc21. The lowest BCUT2D eigenvalue weighted by atomic mass is 10.2. The molecule has 0 N–H and O–H groups in total. The lowest BCUT2D eigenvalue weighted by molar-refractivity contribution is -0.118. The van der Waals surface area contributed by atoms with Gasteiger partial charge in [0.05, 0.1) is 16.8 Å². The highest BCUT2D eigenvalue weighted by Gasteiger charge is 2.08. The third kappa shape index (κ3) is 5.54. The summed E-state index contributed by atoms with van der Waals surface area (Å²) < 4.78 is 8.46. The highest BCUT2D eigenvalue weighted by Crippen LogP contribution is 2.20. The molecule has 6 heteroatoms. The Kier molecular flexibility index (Phi) is 7.26. The molecule has 0 aliphatic rings. The third-order valence-electron chi connectivity index (χ3n) is 4.12. The summed E-state index contributed by atoms with van der Waals surface area (Å²) >= 11 is 3.34. The van der Waals surface area contributed by atoms with Crippen molar-refractivity contribution in [1.29, 1.82) is 0 Å². The van der Waals surface area contributed by atoms with E-state index in [4.69, 9.17) is 4.74 Å². The second-order valence-corrected chi connectivity index (χ2v) is 8.45. The average Bonchev–Trinajstić information content (AvgIpc) is 3.00. The van der Waals surface area contributed by atoms with Crippen LogP contribution in [0.15, 0.2) is 58.4 Å². The van der Waals surface area contributed by atoms with Crippen LogP contribution in [-0.2, 0) is 16.1 Å². The molecule has 1 heterocycles. The lowest BCUT2D eigenvalue weighted by Gasteiger charge is -2.04. The van der Waals surface area contributed by atoms with Crippen LogP contribution in [0, 0.1) is 6.92 Å². The van der Waals surface area contributed by atoms with E-state index in [0.29, 0.717) is 19.6 Å². The van der Waals surface area contributed by atoms with Gasteiger partial charge in [-0.3, -0.25) is 4.79 Å². The molecule has 4 nitrogen and oxygen atoms in total. The van der Waals surface area contributed by atoms with E-state index in [0.717, 1.165) is 27.2 Å². The zero-order valence-electron chi connectivity index (χ0n) is 15.7. The molecule has 27 heavy (non-hydrogen) atoms. The van der Waals surface area contributed by atoms with Crippen LogP contribution in [0.3, 0.4) is 0 Å². The monoisotopic (exact) mass is 400 g/mol. The summed E-state index contributed by atoms with van der Waals surface area (Å²) in [6.07, 6.45) is 1.29. The van der Waals surface area contributed by atoms with Gasteiger partial charge in [0.1, 0.15) is 0 Å². The maximum Gasteiger partial charge on any atom is 0.248 e. The second kappa shape index (κ2) is 9.88. The van der Waals surface area contributed by atoms with Crippen molar-refractivity contribution >= 4 is 39.2 Å². The van der Waals surface area contributed by atoms with Crippen molar-refractivity contribution in [2.24, 2.45) is 4.99 Å². The van der Waals surface area contributed by atoms with Gasteiger partial charge in [-0.1, -0.05) is 35.6 Å². The molecular formula is C21H24N2O2S2. The minimum Gasteiger partial charge on any atom is -0.383 e. The molecule has 2 aromatic carbocycles. The largest absolute Gasteiger partial charge is 0.383 e. The summed E-state index contributed by atoms with van der Waals surface area (Å²) in [4.78, 5) is 18.8. The third-order valence-corrected chi connectivity index (χ3v) is 6.26. The molecule has 0 spiro atoms. The molecule has 142 valence electrons. The van der Waals surface area contributed by atoms with Crippen LogP contribution in [0.1, 0.15) is 18.4 Å². The molecule has 1 aromatic heterocycles. The highest BCUT2D eigenvalue weighted by atomic mass is 32.2. The maximum atomic E-state index is 12.4. The van der Waals surface area contributed by atoms with Gasteiger partial charge in [0.25, 0.3) is 0 Å². The standard InChI is InChI=1S/C21H24N2O2S2/c1-16-10-11-18-19(15-16)27-21(23(18)12-13-25-2)22-20(24)9-6-14-26-17-7-4-3-5-8-17/h3-5,7-8,10-11,15H,6,9,12-14H2,1-2H3. The van der Waals surface area contributed by atoms with Crippen LogP contribution in [0.2, 0.25) is 0 Å². The maximum absolute atomic E-state index is 12.4. The van der Waals surface area contributed by atoms with E-state index >= 15 is 0 Å². The van der Waals surface area contributed by atoms with E-state index < -0.39 is 0 Å². The van der Waals surface area contributed by atoms with Crippen LogP contribution >= 0.6 is 23.1 Å². The Morgan fingerprint density at radius 3 is 2.81 bits per heavy atom. The summed E-state index contributed by atoms with van der Waals surface area (Å²) in [6, 6.07) is 16.6. The molecule has 0 aliphatic heterocycles. The number of aryl methyl sites for hydroxylation is 1. The number of nitrogens with zero attached hydrogens (tertiary/aromatic N) is 2. The van der Waals surface area contributed by atoms with E-state index in [1.54, 1.807) is 30.2 Å². The van der Waals surface area contributed by atoms with Crippen molar-refractivity contribution in [3.8, 4) is 0 Å². The summed E-state index contributed by atoms with van der Waals surface area (Å²) in [5.74, 6) is 0.860. The lowest BCUT2D eigenvalue weighted by Crippen LogP contribution is -2.19.